The van der Waals surface area contributed by atoms with Crippen molar-refractivity contribution < 1.29 is 4.79 Å². The van der Waals surface area contributed by atoms with Crippen molar-refractivity contribution in [3.05, 3.63) is 36.5 Å². The molecule has 0 aliphatic heterocycles. The summed E-state index contributed by atoms with van der Waals surface area (Å²) < 4.78 is 0. The van der Waals surface area contributed by atoms with Gasteiger partial charge in [0, 0.05) is 5.57 Å². The van der Waals surface area contributed by atoms with E-state index in [0.29, 0.717) is 5.57 Å². The van der Waals surface area contributed by atoms with Crippen LogP contribution in [0, 0.1) is 0 Å². The van der Waals surface area contributed by atoms with Gasteiger partial charge in [0.25, 0.3) is 0 Å². The second-order valence-corrected chi connectivity index (χ2v) is 1.58. The summed E-state index contributed by atoms with van der Waals surface area (Å²) in [6, 6.07) is 0. The van der Waals surface area contributed by atoms with Crippen LogP contribution in [0.25, 0.3) is 0 Å². The predicted molar refractivity (Wildman–Crippen MR) is 39.2 cm³/mol. The van der Waals surface area contributed by atoms with E-state index in [1.165, 1.54) is 0 Å². The third kappa shape index (κ3) is 4.75. The summed E-state index contributed by atoms with van der Waals surface area (Å²) in [6.07, 6.45) is 7.88. The molecule has 48 valence electrons. The summed E-state index contributed by atoms with van der Waals surface area (Å²) in [6.45, 7) is 5.37. The average Bonchev–Trinajstić information content (AvgIpc) is 1.89. The van der Waals surface area contributed by atoms with Gasteiger partial charge in [-0.25, -0.2) is 0 Å². The fourth-order valence-corrected chi connectivity index (χ4v) is 0.330. The molecule has 1 nitrogen and oxygen atoms in total. The highest BCUT2D eigenvalue weighted by Gasteiger charge is 1.76. The standard InChI is InChI=1S/C8H10O/c1-3-4-5-6-8(2)7-9/h3-7H,2H2,1H3/b4-3-,6-5-. The number of rotatable bonds is 3. The van der Waals surface area contributed by atoms with Crippen LogP contribution >= 0.6 is 0 Å². The van der Waals surface area contributed by atoms with Crippen LogP contribution in [0.15, 0.2) is 36.5 Å². The van der Waals surface area contributed by atoms with Crippen LogP contribution in [-0.2, 0) is 4.79 Å². The molecule has 0 spiro atoms. The SMILES string of the molecule is C=C(C=O)/C=C\C=C/C. The molecule has 0 aliphatic carbocycles. The molecule has 0 fully saturated rings. The van der Waals surface area contributed by atoms with Crippen LogP contribution in [0.3, 0.4) is 0 Å². The molecule has 0 aliphatic rings. The Morgan fingerprint density at radius 3 is 2.56 bits per heavy atom. The highest BCUT2D eigenvalue weighted by molar-refractivity contribution is 5.76. The van der Waals surface area contributed by atoms with Crippen LogP contribution in [0.1, 0.15) is 6.92 Å². The van der Waals surface area contributed by atoms with Gasteiger partial charge in [0.05, 0.1) is 0 Å². The van der Waals surface area contributed by atoms with Crippen LogP contribution in [-0.4, -0.2) is 6.29 Å². The molecule has 9 heavy (non-hydrogen) atoms. The summed E-state index contributed by atoms with van der Waals surface area (Å²) >= 11 is 0. The lowest BCUT2D eigenvalue weighted by Crippen LogP contribution is -1.71. The second-order valence-electron chi connectivity index (χ2n) is 1.58. The van der Waals surface area contributed by atoms with E-state index in [0.717, 1.165) is 6.29 Å². The van der Waals surface area contributed by atoms with E-state index < -0.39 is 0 Å². The number of aldehydes is 1. The third-order valence-corrected chi connectivity index (χ3v) is 0.765. The molecule has 0 aromatic carbocycles. The smallest absolute Gasteiger partial charge is 0.149 e. The number of carbonyl (C=O) groups is 1. The van der Waals surface area contributed by atoms with E-state index in [4.69, 9.17) is 0 Å². The summed E-state index contributed by atoms with van der Waals surface area (Å²) in [5.74, 6) is 0. The zero-order valence-electron chi connectivity index (χ0n) is 5.50. The van der Waals surface area contributed by atoms with E-state index in [2.05, 4.69) is 6.58 Å². The Morgan fingerprint density at radius 1 is 1.44 bits per heavy atom. The number of carbonyl (C=O) groups excluding carboxylic acids is 1. The lowest BCUT2D eigenvalue weighted by atomic mass is 10.3. The Balaban J connectivity index is 3.70. The van der Waals surface area contributed by atoms with Crippen LogP contribution in [0.4, 0.5) is 0 Å². The van der Waals surface area contributed by atoms with Gasteiger partial charge >= 0.3 is 0 Å². The minimum Gasteiger partial charge on any atom is -0.298 e. The van der Waals surface area contributed by atoms with Crippen LogP contribution in [0.2, 0.25) is 0 Å². The molecular weight excluding hydrogens is 112 g/mol. The molecule has 0 unspecified atom stereocenters. The highest BCUT2D eigenvalue weighted by Crippen LogP contribution is 1.86. The molecule has 0 aromatic heterocycles. The average molecular weight is 122 g/mol. The largest absolute Gasteiger partial charge is 0.298 e. The Morgan fingerprint density at radius 2 is 2.11 bits per heavy atom. The van der Waals surface area contributed by atoms with Gasteiger partial charge in [0.1, 0.15) is 6.29 Å². The van der Waals surface area contributed by atoms with Gasteiger partial charge in [-0.05, 0) is 6.92 Å². The maximum Gasteiger partial charge on any atom is 0.149 e. The maximum atomic E-state index is 9.92. The molecule has 0 radical (unpaired) electrons. The monoisotopic (exact) mass is 122 g/mol. The zero-order chi connectivity index (χ0) is 7.11. The van der Waals surface area contributed by atoms with Crippen molar-refractivity contribution in [3.63, 3.8) is 0 Å². The first-order valence-corrected chi connectivity index (χ1v) is 2.74. The van der Waals surface area contributed by atoms with Gasteiger partial charge in [-0.1, -0.05) is 30.9 Å². The fourth-order valence-electron chi connectivity index (χ4n) is 0.330. The third-order valence-electron chi connectivity index (χ3n) is 0.765. The first kappa shape index (κ1) is 7.89. The minimum absolute atomic E-state index is 0.494. The Kier molecular flexibility index (Phi) is 4.41. The van der Waals surface area contributed by atoms with Gasteiger partial charge in [0.2, 0.25) is 0 Å². The molecule has 0 atom stereocenters. The maximum absolute atomic E-state index is 9.92. The summed E-state index contributed by atoms with van der Waals surface area (Å²) in [5, 5.41) is 0. The van der Waals surface area contributed by atoms with Gasteiger partial charge in [-0.3, -0.25) is 4.79 Å². The normalized spacial score (nSPS) is 10.8. The van der Waals surface area contributed by atoms with E-state index in [-0.39, 0.29) is 0 Å². The van der Waals surface area contributed by atoms with Gasteiger partial charge < -0.3 is 0 Å². The van der Waals surface area contributed by atoms with Crippen molar-refractivity contribution in [2.24, 2.45) is 0 Å². The predicted octanol–water partition coefficient (Wildman–Crippen LogP) is 1.87. The highest BCUT2D eigenvalue weighted by atomic mass is 16.1. The van der Waals surface area contributed by atoms with E-state index >= 15 is 0 Å². The first-order valence-electron chi connectivity index (χ1n) is 2.74. The summed E-state index contributed by atoms with van der Waals surface area (Å²) in [4.78, 5) is 9.92. The Bertz CT molecular complexity index is 152. The number of hydrogen-bond donors (Lipinski definition) is 0. The molecule has 0 saturated carbocycles. The van der Waals surface area contributed by atoms with Crippen molar-refractivity contribution in [2.45, 2.75) is 6.92 Å². The molecule has 0 heterocycles. The van der Waals surface area contributed by atoms with E-state index in [1.54, 1.807) is 12.2 Å². The lowest BCUT2D eigenvalue weighted by Gasteiger charge is -1.77. The minimum atomic E-state index is 0.494. The molecule has 1 heteroatoms. The van der Waals surface area contributed by atoms with Crippen molar-refractivity contribution in [3.8, 4) is 0 Å². The van der Waals surface area contributed by atoms with Crippen LogP contribution < -0.4 is 0 Å². The molecule has 0 bridgehead atoms. The molecule has 0 rings (SSSR count). The molecule has 0 saturated heterocycles. The second kappa shape index (κ2) is 5.04. The number of hydrogen-bond acceptors (Lipinski definition) is 1. The molecular formula is C8H10O. The van der Waals surface area contributed by atoms with Crippen LogP contribution in [0.5, 0.6) is 0 Å². The van der Waals surface area contributed by atoms with Crippen molar-refractivity contribution in [1.82, 2.24) is 0 Å². The topological polar surface area (TPSA) is 17.1 Å². The van der Waals surface area contributed by atoms with E-state index in [1.807, 2.05) is 19.1 Å². The Labute approximate surface area is 55.4 Å². The summed E-state index contributed by atoms with van der Waals surface area (Å²) in [7, 11) is 0. The Hall–Kier alpha value is -1.11. The van der Waals surface area contributed by atoms with Crippen molar-refractivity contribution >= 4 is 6.29 Å². The summed E-state index contributed by atoms with van der Waals surface area (Å²) in [5.41, 5.74) is 0.494. The lowest BCUT2D eigenvalue weighted by molar-refractivity contribution is -0.104. The van der Waals surface area contributed by atoms with Gasteiger partial charge in [-0.2, -0.15) is 0 Å². The quantitative estimate of drug-likeness (QED) is 0.317. The van der Waals surface area contributed by atoms with Crippen molar-refractivity contribution in [1.29, 1.82) is 0 Å². The molecule has 0 aromatic rings. The van der Waals surface area contributed by atoms with Gasteiger partial charge in [-0.15, -0.1) is 0 Å². The van der Waals surface area contributed by atoms with Gasteiger partial charge in [0.15, 0.2) is 0 Å². The number of allylic oxidation sites excluding steroid dienone is 5. The van der Waals surface area contributed by atoms with E-state index in [9.17, 15) is 4.79 Å². The zero-order valence-corrected chi connectivity index (χ0v) is 5.50. The van der Waals surface area contributed by atoms with Crippen molar-refractivity contribution in [2.75, 3.05) is 0 Å². The first-order chi connectivity index (χ1) is 4.31. The fraction of sp³-hybridized carbons (Fsp3) is 0.125. The molecule has 0 N–H and O–H groups in total. The molecule has 0 amide bonds.